The number of nitrogens with zero attached hydrogens (tertiary/aromatic N) is 1. The number of ketones is 1. The van der Waals surface area contributed by atoms with Gasteiger partial charge in [-0.05, 0) is 61.8 Å². The fraction of sp³-hybridized carbons (Fsp3) is 0.741. The highest BCUT2D eigenvalue weighted by Crippen LogP contribution is 2.61. The summed E-state index contributed by atoms with van der Waals surface area (Å²) in [4.78, 5) is 50.4. The number of fused-ring (bicyclic) bond motifs is 5. The molecule has 5 aliphatic rings. The van der Waals surface area contributed by atoms with Crippen LogP contribution in [0.4, 0.5) is 0 Å². The van der Waals surface area contributed by atoms with Gasteiger partial charge in [-0.1, -0.05) is 19.0 Å². The first-order chi connectivity index (χ1) is 17.5. The molecule has 5 rings (SSSR count). The fourth-order valence-electron chi connectivity index (χ4n) is 7.54. The van der Waals surface area contributed by atoms with Gasteiger partial charge < -0.3 is 25.7 Å². The maximum atomic E-state index is 12.9. The van der Waals surface area contributed by atoms with Gasteiger partial charge in [-0.2, -0.15) is 0 Å². The minimum absolute atomic E-state index is 0.0811. The Morgan fingerprint density at radius 2 is 1.73 bits per heavy atom. The van der Waals surface area contributed by atoms with Crippen molar-refractivity contribution in [3.05, 3.63) is 12.2 Å². The van der Waals surface area contributed by atoms with Crippen LogP contribution >= 0.6 is 0 Å². The third-order valence-electron chi connectivity index (χ3n) is 9.65. The van der Waals surface area contributed by atoms with Crippen molar-refractivity contribution in [1.29, 1.82) is 0 Å². The van der Waals surface area contributed by atoms with Crippen molar-refractivity contribution < 1.29 is 34.2 Å². The van der Waals surface area contributed by atoms with E-state index in [1.165, 1.54) is 0 Å². The largest absolute Gasteiger partial charge is 0.478 e. The van der Waals surface area contributed by atoms with Crippen LogP contribution in [-0.2, 0) is 24.0 Å². The molecule has 5 fully saturated rings. The quantitative estimate of drug-likeness (QED) is 0.328. The fourth-order valence-corrected chi connectivity index (χ4v) is 7.54. The lowest BCUT2D eigenvalue weighted by Gasteiger charge is -2.53. The highest BCUT2D eigenvalue weighted by Gasteiger charge is 2.60. The molecule has 2 heterocycles. The summed E-state index contributed by atoms with van der Waals surface area (Å²) < 4.78 is 0. The van der Waals surface area contributed by atoms with E-state index in [2.05, 4.69) is 29.6 Å². The molecule has 3 aliphatic carbocycles. The summed E-state index contributed by atoms with van der Waals surface area (Å²) in [6.07, 6.45) is 9.43. The van der Waals surface area contributed by atoms with Gasteiger partial charge in [-0.3, -0.25) is 9.59 Å². The number of carbonyl (C=O) groups excluding carboxylic acids is 2. The van der Waals surface area contributed by atoms with Gasteiger partial charge in [0.2, 0.25) is 5.91 Å². The standard InChI is InChI=1S/C23H35N3O3.C4H4O4/c1-22-8-5-14(26-29-15-7-10-24-13-15)11-19(22)25-21(28)12-16-17-3-4-20(27)23(17,2)9-6-18(16)22;5-3(6)1-2-4(7)8/h15-19,24H,3-13H2,1-2H3,(H,25,28);1-2H,(H,5,6)(H,7,8)/b26-14-;2-1+/t15-,16+,17+,18+,19?,22-,23+;/m1./s1. The molecule has 204 valence electrons. The first-order valence-electron chi connectivity index (χ1n) is 13.4. The molecule has 37 heavy (non-hydrogen) atoms. The van der Waals surface area contributed by atoms with Crippen molar-refractivity contribution in [1.82, 2.24) is 10.6 Å². The lowest BCUT2D eigenvalue weighted by Crippen LogP contribution is -2.54. The van der Waals surface area contributed by atoms with E-state index >= 15 is 0 Å². The molecule has 4 N–H and O–H groups in total. The summed E-state index contributed by atoms with van der Waals surface area (Å²) in [5, 5.41) is 26.8. The van der Waals surface area contributed by atoms with Crippen molar-refractivity contribution in [2.45, 2.75) is 83.8 Å². The SMILES string of the molecule is C[C@]12CC/C(=N/O[C@@H]3CCNC3)CC1NC(=O)C[C@@H]1[C@@H]2CC[C@]2(C)C(=O)CC[C@@H]12.O=C(O)/C=C/C(=O)O. The molecule has 2 saturated heterocycles. The average molecular weight is 518 g/mol. The van der Waals surface area contributed by atoms with Crippen LogP contribution in [0, 0.1) is 28.6 Å². The second-order valence-corrected chi connectivity index (χ2v) is 11.7. The van der Waals surface area contributed by atoms with Crippen LogP contribution in [0.3, 0.4) is 0 Å². The summed E-state index contributed by atoms with van der Waals surface area (Å²) >= 11 is 0. The summed E-state index contributed by atoms with van der Waals surface area (Å²) in [6.45, 7) is 6.43. The van der Waals surface area contributed by atoms with E-state index in [9.17, 15) is 19.2 Å². The normalized spacial score (nSPS) is 40.1. The first kappa shape index (κ1) is 27.3. The van der Waals surface area contributed by atoms with Gasteiger partial charge in [0.1, 0.15) is 11.9 Å². The van der Waals surface area contributed by atoms with Gasteiger partial charge in [0.15, 0.2) is 0 Å². The second kappa shape index (κ2) is 10.9. The van der Waals surface area contributed by atoms with E-state index < -0.39 is 11.9 Å². The monoisotopic (exact) mass is 517 g/mol. The number of nitrogens with one attached hydrogen (secondary N) is 2. The molecule has 0 aromatic carbocycles. The van der Waals surface area contributed by atoms with E-state index in [0.29, 0.717) is 48.5 Å². The summed E-state index contributed by atoms with van der Waals surface area (Å²) in [5.74, 6) is -0.682. The molecule has 10 heteroatoms. The summed E-state index contributed by atoms with van der Waals surface area (Å²) in [5.41, 5.74) is 0.981. The van der Waals surface area contributed by atoms with E-state index in [0.717, 1.165) is 63.7 Å². The van der Waals surface area contributed by atoms with E-state index in [1.807, 2.05) is 0 Å². The van der Waals surface area contributed by atoms with Crippen molar-refractivity contribution >= 4 is 29.3 Å². The number of carbonyl (C=O) groups is 4. The van der Waals surface area contributed by atoms with Crippen LogP contribution < -0.4 is 10.6 Å². The highest BCUT2D eigenvalue weighted by atomic mass is 16.6. The number of carboxylic acid groups (broad SMARTS) is 2. The third-order valence-corrected chi connectivity index (χ3v) is 9.65. The molecular formula is C27H39N3O7. The number of amides is 1. The molecule has 1 amide bonds. The molecular weight excluding hydrogens is 478 g/mol. The van der Waals surface area contributed by atoms with Gasteiger partial charge in [-0.25, -0.2) is 9.59 Å². The number of aliphatic carboxylic acids is 2. The lowest BCUT2D eigenvalue weighted by atomic mass is 9.51. The molecule has 0 spiro atoms. The molecule has 10 nitrogen and oxygen atoms in total. The van der Waals surface area contributed by atoms with Crippen LogP contribution in [-0.4, -0.2) is 64.8 Å². The van der Waals surface area contributed by atoms with Crippen molar-refractivity contribution in [3.8, 4) is 0 Å². The van der Waals surface area contributed by atoms with Gasteiger partial charge >= 0.3 is 11.9 Å². The van der Waals surface area contributed by atoms with E-state index in [4.69, 9.17) is 15.1 Å². The van der Waals surface area contributed by atoms with Crippen LogP contribution in [0.5, 0.6) is 0 Å². The Morgan fingerprint density at radius 3 is 2.38 bits per heavy atom. The van der Waals surface area contributed by atoms with Crippen LogP contribution in [0.1, 0.15) is 71.6 Å². The third kappa shape index (κ3) is 5.73. The zero-order valence-corrected chi connectivity index (χ0v) is 21.7. The average Bonchev–Trinajstić information content (AvgIpc) is 3.44. The number of oxime groups is 1. The minimum atomic E-state index is -1.26. The van der Waals surface area contributed by atoms with Gasteiger partial charge in [-0.15, -0.1) is 0 Å². The molecule has 0 radical (unpaired) electrons. The Kier molecular flexibility index (Phi) is 8.06. The molecule has 1 unspecified atom stereocenters. The van der Waals surface area contributed by atoms with Gasteiger partial charge in [0.05, 0.1) is 5.71 Å². The summed E-state index contributed by atoms with van der Waals surface area (Å²) in [6, 6.07) is 0.129. The summed E-state index contributed by atoms with van der Waals surface area (Å²) in [7, 11) is 0. The Balaban J connectivity index is 0.000000349. The van der Waals surface area contributed by atoms with E-state index in [-0.39, 0.29) is 28.9 Å². The number of carboxylic acids is 2. The molecule has 0 aromatic heterocycles. The topological polar surface area (TPSA) is 154 Å². The Bertz CT molecular complexity index is 972. The maximum Gasteiger partial charge on any atom is 0.328 e. The van der Waals surface area contributed by atoms with Crippen molar-refractivity contribution in [2.75, 3.05) is 13.1 Å². The van der Waals surface area contributed by atoms with Gasteiger partial charge in [0, 0.05) is 55.8 Å². The van der Waals surface area contributed by atoms with Crippen LogP contribution in [0.15, 0.2) is 17.3 Å². The molecule has 2 aliphatic heterocycles. The second-order valence-electron chi connectivity index (χ2n) is 11.7. The Hall–Kier alpha value is -2.75. The number of rotatable bonds is 4. The minimum Gasteiger partial charge on any atom is -0.478 e. The molecule has 0 bridgehead atoms. The lowest BCUT2D eigenvalue weighted by molar-refractivity contribution is -0.134. The van der Waals surface area contributed by atoms with Crippen LogP contribution in [0.25, 0.3) is 0 Å². The van der Waals surface area contributed by atoms with E-state index in [1.54, 1.807) is 0 Å². The number of Topliss-reactive ketones (excluding diaryl/α,β-unsaturated/α-hetero) is 1. The number of hydrogen-bond donors (Lipinski definition) is 4. The van der Waals surface area contributed by atoms with Gasteiger partial charge in [0.25, 0.3) is 0 Å². The predicted molar refractivity (Wildman–Crippen MR) is 135 cm³/mol. The molecule has 7 atom stereocenters. The predicted octanol–water partition coefficient (Wildman–Crippen LogP) is 2.52. The smallest absolute Gasteiger partial charge is 0.328 e. The first-order valence-corrected chi connectivity index (χ1v) is 13.4. The zero-order valence-electron chi connectivity index (χ0n) is 21.7. The highest BCUT2D eigenvalue weighted by molar-refractivity contribution is 5.90. The Morgan fingerprint density at radius 1 is 1.00 bits per heavy atom. The number of hydrogen-bond acceptors (Lipinski definition) is 7. The molecule has 0 aromatic rings. The maximum absolute atomic E-state index is 12.9. The van der Waals surface area contributed by atoms with Crippen LogP contribution in [0.2, 0.25) is 0 Å². The zero-order chi connectivity index (χ0) is 26.8. The Labute approximate surface area is 217 Å². The van der Waals surface area contributed by atoms with Crippen molar-refractivity contribution in [2.24, 2.45) is 33.7 Å². The molecule has 3 saturated carbocycles. The van der Waals surface area contributed by atoms with Crippen molar-refractivity contribution in [3.63, 3.8) is 0 Å².